The first-order valence-electron chi connectivity index (χ1n) is 4.21. The van der Waals surface area contributed by atoms with Gasteiger partial charge in [-0.15, -0.1) is 5.10 Å². The van der Waals surface area contributed by atoms with Crippen molar-refractivity contribution in [2.45, 2.75) is 17.0 Å². The van der Waals surface area contributed by atoms with Crippen molar-refractivity contribution in [3.8, 4) is 6.07 Å². The molecule has 2 aromatic rings. The number of nitrogens with zero attached hydrogens (tertiary/aromatic N) is 4. The second-order valence-electron chi connectivity index (χ2n) is 2.80. The van der Waals surface area contributed by atoms with Crippen LogP contribution in [0.3, 0.4) is 0 Å². The summed E-state index contributed by atoms with van der Waals surface area (Å²) in [7, 11) is 0. The lowest BCUT2D eigenvalue weighted by atomic mass is 10.4. The van der Waals surface area contributed by atoms with Gasteiger partial charge in [-0.05, 0) is 30.8 Å². The van der Waals surface area contributed by atoms with Crippen LogP contribution >= 0.6 is 11.8 Å². The summed E-state index contributed by atoms with van der Waals surface area (Å²) < 4.78 is 0. The van der Waals surface area contributed by atoms with E-state index in [9.17, 15) is 0 Å². The van der Waals surface area contributed by atoms with Gasteiger partial charge < -0.3 is 0 Å². The zero-order chi connectivity index (χ0) is 10.7. The van der Waals surface area contributed by atoms with Gasteiger partial charge in [0.1, 0.15) is 17.6 Å². The Hall–Kier alpha value is -1.87. The Balaban J connectivity index is 2.15. The Labute approximate surface area is 90.6 Å². The van der Waals surface area contributed by atoms with Crippen LogP contribution in [0.2, 0.25) is 0 Å². The molecule has 0 fully saturated rings. The van der Waals surface area contributed by atoms with E-state index in [-0.39, 0.29) is 0 Å². The third-order valence-electron chi connectivity index (χ3n) is 1.64. The van der Waals surface area contributed by atoms with E-state index >= 15 is 0 Å². The smallest absolute Gasteiger partial charge is 0.213 e. The number of H-pyrrole nitrogens is 1. The molecule has 2 rings (SSSR count). The second-order valence-corrected chi connectivity index (χ2v) is 3.84. The summed E-state index contributed by atoms with van der Waals surface area (Å²) in [5.41, 5.74) is 0.408. The minimum Gasteiger partial charge on any atom is -0.262 e. The van der Waals surface area contributed by atoms with Crippen molar-refractivity contribution in [3.63, 3.8) is 0 Å². The minimum atomic E-state index is 0.408. The summed E-state index contributed by atoms with van der Waals surface area (Å²) in [6.07, 6.45) is 1.63. The van der Waals surface area contributed by atoms with Crippen LogP contribution < -0.4 is 0 Å². The predicted octanol–water partition coefficient (Wildman–Crippen LogP) is 1.53. The van der Waals surface area contributed by atoms with E-state index in [1.54, 1.807) is 12.3 Å². The average molecular weight is 217 g/mol. The van der Waals surface area contributed by atoms with Crippen molar-refractivity contribution in [1.82, 2.24) is 20.2 Å². The second kappa shape index (κ2) is 4.11. The van der Waals surface area contributed by atoms with Gasteiger partial charge in [0.15, 0.2) is 0 Å². The molecule has 0 unspecified atom stereocenters. The third kappa shape index (κ3) is 2.33. The number of pyridine rings is 1. The molecule has 0 spiro atoms. The van der Waals surface area contributed by atoms with Crippen molar-refractivity contribution < 1.29 is 0 Å². The molecular weight excluding hydrogens is 210 g/mol. The quantitative estimate of drug-likeness (QED) is 0.825. The van der Waals surface area contributed by atoms with E-state index in [1.165, 1.54) is 11.8 Å². The molecule has 74 valence electrons. The van der Waals surface area contributed by atoms with E-state index in [4.69, 9.17) is 5.26 Å². The van der Waals surface area contributed by atoms with Gasteiger partial charge in [-0.3, -0.25) is 5.10 Å². The van der Waals surface area contributed by atoms with Crippen molar-refractivity contribution >= 4 is 11.8 Å². The van der Waals surface area contributed by atoms with Gasteiger partial charge in [0.2, 0.25) is 5.16 Å². The standard InChI is InChI=1S/C9H7N5S/c1-6-12-9(14-13-6)15-8-3-2-7(4-10)11-5-8/h2-3,5H,1H3,(H,12,13,14). The van der Waals surface area contributed by atoms with E-state index in [1.807, 2.05) is 19.1 Å². The van der Waals surface area contributed by atoms with Crippen LogP contribution in [-0.2, 0) is 0 Å². The molecule has 0 amide bonds. The van der Waals surface area contributed by atoms with Crippen LogP contribution in [0, 0.1) is 18.3 Å². The van der Waals surface area contributed by atoms with Gasteiger partial charge in [-0.25, -0.2) is 9.97 Å². The maximum atomic E-state index is 8.57. The number of aromatic amines is 1. The molecule has 0 aliphatic carbocycles. The van der Waals surface area contributed by atoms with E-state index in [0.717, 1.165) is 10.7 Å². The summed E-state index contributed by atoms with van der Waals surface area (Å²) in [6, 6.07) is 5.45. The Kier molecular flexibility index (Phi) is 2.65. The SMILES string of the molecule is Cc1nc(Sc2ccc(C#N)nc2)n[nH]1. The number of aromatic nitrogens is 4. The molecule has 15 heavy (non-hydrogen) atoms. The number of nitriles is 1. The molecule has 0 bridgehead atoms. The largest absolute Gasteiger partial charge is 0.262 e. The third-order valence-corrected chi connectivity index (χ3v) is 2.48. The number of rotatable bonds is 2. The van der Waals surface area contributed by atoms with Crippen molar-refractivity contribution in [1.29, 1.82) is 5.26 Å². The van der Waals surface area contributed by atoms with Gasteiger partial charge in [0.05, 0.1) is 0 Å². The molecule has 0 atom stereocenters. The van der Waals surface area contributed by atoms with Gasteiger partial charge >= 0.3 is 0 Å². The number of hydrogen-bond acceptors (Lipinski definition) is 5. The van der Waals surface area contributed by atoms with Crippen LogP contribution in [0.4, 0.5) is 0 Å². The fourth-order valence-corrected chi connectivity index (χ4v) is 1.71. The van der Waals surface area contributed by atoms with Crippen molar-refractivity contribution in [3.05, 3.63) is 29.8 Å². The summed E-state index contributed by atoms with van der Waals surface area (Å²) in [6.45, 7) is 1.84. The zero-order valence-corrected chi connectivity index (χ0v) is 8.75. The van der Waals surface area contributed by atoms with Crippen LogP contribution in [-0.4, -0.2) is 20.2 Å². The summed E-state index contributed by atoms with van der Waals surface area (Å²) in [5, 5.41) is 16.0. The highest BCUT2D eigenvalue weighted by Gasteiger charge is 2.02. The highest BCUT2D eigenvalue weighted by atomic mass is 32.2. The lowest BCUT2D eigenvalue weighted by molar-refractivity contribution is 0.968. The minimum absolute atomic E-state index is 0.408. The Bertz CT molecular complexity index is 496. The fraction of sp³-hybridized carbons (Fsp3) is 0.111. The van der Waals surface area contributed by atoms with Gasteiger partial charge in [0.25, 0.3) is 0 Å². The van der Waals surface area contributed by atoms with Crippen LogP contribution in [0.1, 0.15) is 11.5 Å². The molecule has 2 heterocycles. The summed E-state index contributed by atoms with van der Waals surface area (Å²) in [5.74, 6) is 0.777. The monoisotopic (exact) mass is 217 g/mol. The molecule has 0 aliphatic rings. The van der Waals surface area contributed by atoms with Gasteiger partial charge in [0, 0.05) is 11.1 Å². The lowest BCUT2D eigenvalue weighted by Crippen LogP contribution is -1.82. The Morgan fingerprint density at radius 3 is 2.87 bits per heavy atom. The Morgan fingerprint density at radius 2 is 2.33 bits per heavy atom. The number of hydrogen-bond donors (Lipinski definition) is 1. The first kappa shape index (κ1) is 9.68. The molecule has 1 N–H and O–H groups in total. The average Bonchev–Trinajstić information content (AvgIpc) is 2.65. The first-order chi connectivity index (χ1) is 7.28. The molecule has 6 heteroatoms. The maximum absolute atomic E-state index is 8.57. The van der Waals surface area contributed by atoms with Gasteiger partial charge in [-0.1, -0.05) is 0 Å². The van der Waals surface area contributed by atoms with Crippen LogP contribution in [0.15, 0.2) is 28.4 Å². The highest BCUT2D eigenvalue weighted by Crippen LogP contribution is 2.23. The van der Waals surface area contributed by atoms with Gasteiger partial charge in [-0.2, -0.15) is 5.26 Å². The normalized spacial score (nSPS) is 9.87. The molecule has 0 aromatic carbocycles. The topological polar surface area (TPSA) is 78.2 Å². The summed E-state index contributed by atoms with van der Waals surface area (Å²) >= 11 is 1.40. The molecule has 0 saturated carbocycles. The van der Waals surface area contributed by atoms with Crippen molar-refractivity contribution in [2.75, 3.05) is 0 Å². The highest BCUT2D eigenvalue weighted by molar-refractivity contribution is 7.99. The van der Waals surface area contributed by atoms with Crippen LogP contribution in [0.25, 0.3) is 0 Å². The van der Waals surface area contributed by atoms with Crippen molar-refractivity contribution in [2.24, 2.45) is 0 Å². The molecule has 5 nitrogen and oxygen atoms in total. The summed E-state index contributed by atoms with van der Waals surface area (Å²) in [4.78, 5) is 9.01. The van der Waals surface area contributed by atoms with E-state index in [2.05, 4.69) is 20.2 Å². The molecule has 0 radical (unpaired) electrons. The fourth-order valence-electron chi connectivity index (χ4n) is 0.980. The molecule has 0 aliphatic heterocycles. The molecule has 0 saturated heterocycles. The lowest BCUT2D eigenvalue weighted by Gasteiger charge is -1.94. The maximum Gasteiger partial charge on any atom is 0.213 e. The number of aryl methyl sites for hydroxylation is 1. The first-order valence-corrected chi connectivity index (χ1v) is 5.02. The Morgan fingerprint density at radius 1 is 1.47 bits per heavy atom. The van der Waals surface area contributed by atoms with Crippen LogP contribution in [0.5, 0.6) is 0 Å². The predicted molar refractivity (Wildman–Crippen MR) is 54.2 cm³/mol. The molecule has 2 aromatic heterocycles. The number of nitrogens with one attached hydrogen (secondary N) is 1. The molecular formula is C9H7N5S. The zero-order valence-electron chi connectivity index (χ0n) is 7.93. The van der Waals surface area contributed by atoms with E-state index in [0.29, 0.717) is 10.9 Å². The van der Waals surface area contributed by atoms with E-state index < -0.39 is 0 Å².